The Hall–Kier alpha value is -2.28. The van der Waals surface area contributed by atoms with Gasteiger partial charge >= 0.3 is 0 Å². The fraction of sp³-hybridized carbons (Fsp3) is 0. The molecule has 14 heavy (non-hydrogen) atoms. The van der Waals surface area contributed by atoms with E-state index < -0.39 is 0 Å². The number of rotatable bonds is 2. The van der Waals surface area contributed by atoms with Crippen molar-refractivity contribution in [1.82, 2.24) is 5.16 Å². The van der Waals surface area contributed by atoms with Gasteiger partial charge in [0.15, 0.2) is 0 Å². The number of benzene rings is 1. The van der Waals surface area contributed by atoms with Gasteiger partial charge in [0, 0.05) is 6.07 Å². The van der Waals surface area contributed by atoms with Gasteiger partial charge in [-0.05, 0) is 23.4 Å². The maximum atomic E-state index is 8.65. The van der Waals surface area contributed by atoms with Gasteiger partial charge in [0.05, 0.1) is 11.6 Å². The molecule has 0 aliphatic rings. The molecule has 4 heteroatoms. The van der Waals surface area contributed by atoms with Crippen molar-refractivity contribution in [2.45, 2.75) is 0 Å². The number of nitriles is 1. The Morgan fingerprint density at radius 1 is 1.36 bits per heavy atom. The van der Waals surface area contributed by atoms with Crippen LogP contribution in [0, 0.1) is 11.3 Å². The zero-order valence-corrected chi connectivity index (χ0v) is 7.18. The predicted molar refractivity (Wildman–Crippen MR) is 47.7 cm³/mol. The summed E-state index contributed by atoms with van der Waals surface area (Å²) in [6.07, 6.45) is 1.42. The van der Waals surface area contributed by atoms with Crippen molar-refractivity contribution >= 4 is 0 Å². The van der Waals surface area contributed by atoms with Gasteiger partial charge in [-0.1, -0.05) is 6.07 Å². The van der Waals surface area contributed by atoms with E-state index in [-0.39, 0.29) is 0 Å². The molecule has 4 nitrogen and oxygen atoms in total. The van der Waals surface area contributed by atoms with Crippen molar-refractivity contribution in [3.05, 3.63) is 42.2 Å². The minimum absolute atomic E-state index is 0.375. The minimum Gasteiger partial charge on any atom is -0.436 e. The molecule has 1 aromatic carbocycles. The Kier molecular flexibility index (Phi) is 2.15. The van der Waals surface area contributed by atoms with Crippen LogP contribution in [0.25, 0.3) is 0 Å². The normalized spacial score (nSPS) is 9.36. The van der Waals surface area contributed by atoms with Crippen LogP contribution in [0.15, 0.2) is 41.1 Å². The first-order valence-electron chi connectivity index (χ1n) is 3.97. The lowest BCUT2D eigenvalue weighted by Crippen LogP contribution is -1.84. The minimum atomic E-state index is 0.375. The average molecular weight is 186 g/mol. The van der Waals surface area contributed by atoms with Crippen LogP contribution in [0.2, 0.25) is 0 Å². The van der Waals surface area contributed by atoms with Crippen LogP contribution in [-0.4, -0.2) is 5.16 Å². The summed E-state index contributed by atoms with van der Waals surface area (Å²) in [6.45, 7) is 0. The quantitative estimate of drug-likeness (QED) is 0.722. The molecular formula is C10H6N2O2. The van der Waals surface area contributed by atoms with E-state index in [9.17, 15) is 0 Å². The molecule has 0 aliphatic heterocycles. The average Bonchev–Trinajstić information content (AvgIpc) is 2.71. The fourth-order valence-electron chi connectivity index (χ4n) is 1.00. The molecule has 0 fully saturated rings. The van der Waals surface area contributed by atoms with Crippen molar-refractivity contribution in [2.24, 2.45) is 0 Å². The van der Waals surface area contributed by atoms with Crippen molar-refractivity contribution in [2.75, 3.05) is 0 Å². The third-order valence-electron chi connectivity index (χ3n) is 1.60. The van der Waals surface area contributed by atoms with Crippen LogP contribution >= 0.6 is 0 Å². The Balaban J connectivity index is 2.22. The van der Waals surface area contributed by atoms with Gasteiger partial charge in [0.25, 0.3) is 5.88 Å². The molecule has 2 aromatic rings. The molecule has 0 amide bonds. The van der Waals surface area contributed by atoms with Crippen molar-refractivity contribution in [1.29, 1.82) is 5.26 Å². The third-order valence-corrected chi connectivity index (χ3v) is 1.60. The van der Waals surface area contributed by atoms with E-state index in [0.29, 0.717) is 17.2 Å². The lowest BCUT2D eigenvalue weighted by Gasteiger charge is -1.99. The SMILES string of the molecule is N#Cc1cccc(Oc2ccon2)c1. The molecule has 1 heterocycles. The number of hydrogen-bond acceptors (Lipinski definition) is 4. The van der Waals surface area contributed by atoms with Crippen LogP contribution in [0.4, 0.5) is 0 Å². The highest BCUT2D eigenvalue weighted by Crippen LogP contribution is 2.19. The summed E-state index contributed by atoms with van der Waals surface area (Å²) < 4.78 is 9.91. The van der Waals surface area contributed by atoms with E-state index in [4.69, 9.17) is 10.00 Å². The first-order valence-corrected chi connectivity index (χ1v) is 3.97. The first-order chi connectivity index (χ1) is 6.88. The van der Waals surface area contributed by atoms with E-state index in [2.05, 4.69) is 9.68 Å². The van der Waals surface area contributed by atoms with Crippen molar-refractivity contribution in [3.8, 4) is 17.7 Å². The molecule has 0 saturated heterocycles. The zero-order chi connectivity index (χ0) is 9.80. The lowest BCUT2D eigenvalue weighted by molar-refractivity contribution is 0.367. The predicted octanol–water partition coefficient (Wildman–Crippen LogP) is 2.34. The van der Waals surface area contributed by atoms with Crippen LogP contribution in [-0.2, 0) is 0 Å². The molecule has 1 aromatic heterocycles. The number of nitrogens with zero attached hydrogens (tertiary/aromatic N) is 2. The summed E-state index contributed by atoms with van der Waals surface area (Å²) in [4.78, 5) is 0. The Labute approximate surface area is 80.3 Å². The van der Waals surface area contributed by atoms with Crippen LogP contribution in [0.5, 0.6) is 11.6 Å². The molecular weight excluding hydrogens is 180 g/mol. The summed E-state index contributed by atoms with van der Waals surface area (Å²) in [5.74, 6) is 0.943. The Bertz CT molecular complexity index is 457. The zero-order valence-electron chi connectivity index (χ0n) is 7.18. The van der Waals surface area contributed by atoms with Gasteiger partial charge in [0.2, 0.25) is 0 Å². The molecule has 0 aliphatic carbocycles. The third kappa shape index (κ3) is 1.72. The summed E-state index contributed by atoms with van der Waals surface area (Å²) in [5, 5.41) is 12.2. The highest BCUT2D eigenvalue weighted by Gasteiger charge is 2.00. The summed E-state index contributed by atoms with van der Waals surface area (Å²) in [5.41, 5.74) is 0.547. The van der Waals surface area contributed by atoms with Gasteiger partial charge in [-0.15, -0.1) is 0 Å². The van der Waals surface area contributed by atoms with E-state index in [1.165, 1.54) is 6.26 Å². The van der Waals surface area contributed by atoms with Gasteiger partial charge < -0.3 is 9.26 Å². The molecule has 0 N–H and O–H groups in total. The molecule has 2 rings (SSSR count). The van der Waals surface area contributed by atoms with Crippen LogP contribution < -0.4 is 4.74 Å². The molecule has 0 spiro atoms. The largest absolute Gasteiger partial charge is 0.436 e. The summed E-state index contributed by atoms with van der Waals surface area (Å²) >= 11 is 0. The maximum absolute atomic E-state index is 8.65. The first kappa shape index (κ1) is 8.32. The topological polar surface area (TPSA) is 59.0 Å². The monoisotopic (exact) mass is 186 g/mol. The van der Waals surface area contributed by atoms with E-state index in [0.717, 1.165) is 0 Å². The number of ether oxygens (including phenoxy) is 1. The standard InChI is InChI=1S/C10H6N2O2/c11-7-8-2-1-3-9(6-8)14-10-4-5-13-12-10/h1-6H. The van der Waals surface area contributed by atoms with E-state index >= 15 is 0 Å². The highest BCUT2D eigenvalue weighted by molar-refractivity contribution is 5.37. The van der Waals surface area contributed by atoms with E-state index in [1.807, 2.05) is 6.07 Å². The Morgan fingerprint density at radius 3 is 3.00 bits per heavy atom. The van der Waals surface area contributed by atoms with Gasteiger partial charge in [-0.25, -0.2) is 0 Å². The summed E-state index contributed by atoms with van der Waals surface area (Å²) in [6, 6.07) is 10.4. The second-order valence-electron chi connectivity index (χ2n) is 2.58. The second-order valence-corrected chi connectivity index (χ2v) is 2.58. The summed E-state index contributed by atoms with van der Waals surface area (Å²) in [7, 11) is 0. The maximum Gasteiger partial charge on any atom is 0.259 e. The molecule has 0 bridgehead atoms. The molecule has 0 radical (unpaired) electrons. The molecule has 0 atom stereocenters. The van der Waals surface area contributed by atoms with Crippen LogP contribution in [0.3, 0.4) is 0 Å². The van der Waals surface area contributed by atoms with Gasteiger partial charge in [0.1, 0.15) is 12.0 Å². The number of aromatic nitrogens is 1. The van der Waals surface area contributed by atoms with Gasteiger partial charge in [-0.2, -0.15) is 5.26 Å². The lowest BCUT2D eigenvalue weighted by atomic mass is 10.2. The van der Waals surface area contributed by atoms with E-state index in [1.54, 1.807) is 30.3 Å². The molecule has 68 valence electrons. The molecule has 0 saturated carbocycles. The smallest absolute Gasteiger partial charge is 0.259 e. The highest BCUT2D eigenvalue weighted by atomic mass is 16.5. The number of hydrogen-bond donors (Lipinski definition) is 0. The van der Waals surface area contributed by atoms with Crippen LogP contribution in [0.1, 0.15) is 5.56 Å². The molecule has 0 unspecified atom stereocenters. The Morgan fingerprint density at radius 2 is 2.29 bits per heavy atom. The van der Waals surface area contributed by atoms with Gasteiger partial charge in [-0.3, -0.25) is 0 Å². The van der Waals surface area contributed by atoms with Crippen molar-refractivity contribution in [3.63, 3.8) is 0 Å². The fourth-order valence-corrected chi connectivity index (χ4v) is 1.00. The van der Waals surface area contributed by atoms with Crippen molar-refractivity contribution < 1.29 is 9.26 Å². The second kappa shape index (κ2) is 3.62.